The van der Waals surface area contributed by atoms with E-state index in [0.29, 0.717) is 35.3 Å². The largest absolute Gasteiger partial charge is 0.439 e. The Hall–Kier alpha value is -3.39. The number of hydrogen-bond donors (Lipinski definition) is 2. The van der Waals surface area contributed by atoms with Gasteiger partial charge in [0.1, 0.15) is 5.75 Å². The minimum absolute atomic E-state index is 0.171. The van der Waals surface area contributed by atoms with E-state index >= 15 is 0 Å². The fourth-order valence-electron chi connectivity index (χ4n) is 2.79. The lowest BCUT2D eigenvalue weighted by molar-refractivity contribution is 0.0951. The molecule has 0 fully saturated rings. The van der Waals surface area contributed by atoms with Crippen LogP contribution in [-0.2, 0) is 10.0 Å². The predicted molar refractivity (Wildman–Crippen MR) is 125 cm³/mol. The van der Waals surface area contributed by atoms with Gasteiger partial charge < -0.3 is 10.1 Å². The summed E-state index contributed by atoms with van der Waals surface area (Å²) in [7, 11) is -3.67. The zero-order chi connectivity index (χ0) is 23.1. The Morgan fingerprint density at radius 2 is 1.69 bits per heavy atom. The van der Waals surface area contributed by atoms with Crippen molar-refractivity contribution in [3.8, 4) is 11.6 Å². The molecule has 0 saturated carbocycles. The average molecular weight is 454 g/mol. The number of sulfonamides is 1. The molecule has 0 aliphatic carbocycles. The Kier molecular flexibility index (Phi) is 7.48. The van der Waals surface area contributed by atoms with Crippen LogP contribution in [0.15, 0.2) is 71.8 Å². The maximum absolute atomic E-state index is 12.5. The molecule has 2 N–H and O–H groups in total. The summed E-state index contributed by atoms with van der Waals surface area (Å²) in [5, 5.41) is 2.86. The van der Waals surface area contributed by atoms with Crippen LogP contribution in [-0.4, -0.2) is 25.9 Å². The van der Waals surface area contributed by atoms with E-state index < -0.39 is 10.0 Å². The molecule has 3 aromatic rings. The van der Waals surface area contributed by atoms with Crippen LogP contribution in [0.1, 0.15) is 36.2 Å². The van der Waals surface area contributed by atoms with Crippen LogP contribution in [0.4, 0.5) is 5.69 Å². The van der Waals surface area contributed by atoms with Gasteiger partial charge in [-0.3, -0.25) is 9.52 Å². The fourth-order valence-corrected chi connectivity index (χ4v) is 3.85. The van der Waals surface area contributed by atoms with E-state index in [1.807, 2.05) is 6.92 Å². The van der Waals surface area contributed by atoms with Crippen LogP contribution in [0.5, 0.6) is 11.6 Å². The zero-order valence-electron chi connectivity index (χ0n) is 18.3. The molecule has 0 radical (unpaired) electrons. The summed E-state index contributed by atoms with van der Waals surface area (Å²) in [5.41, 5.74) is 1.86. The van der Waals surface area contributed by atoms with E-state index in [0.717, 1.165) is 12.0 Å². The number of aromatic nitrogens is 1. The number of anilines is 1. The number of pyridine rings is 1. The minimum Gasteiger partial charge on any atom is -0.439 e. The van der Waals surface area contributed by atoms with E-state index in [9.17, 15) is 13.2 Å². The number of carbonyl (C=O) groups is 1. The van der Waals surface area contributed by atoms with Crippen molar-refractivity contribution in [3.63, 3.8) is 0 Å². The summed E-state index contributed by atoms with van der Waals surface area (Å²) in [5.74, 6) is 1.17. The Morgan fingerprint density at radius 3 is 2.28 bits per heavy atom. The number of amides is 1. The Bertz CT molecular complexity index is 1140. The van der Waals surface area contributed by atoms with Crippen molar-refractivity contribution in [2.75, 3.05) is 11.3 Å². The van der Waals surface area contributed by atoms with Gasteiger partial charge in [-0.15, -0.1) is 0 Å². The van der Waals surface area contributed by atoms with Gasteiger partial charge in [-0.1, -0.05) is 31.5 Å². The number of benzene rings is 2. The summed E-state index contributed by atoms with van der Waals surface area (Å²) < 4.78 is 33.2. The van der Waals surface area contributed by atoms with Crippen molar-refractivity contribution in [3.05, 3.63) is 78.0 Å². The van der Waals surface area contributed by atoms with E-state index in [2.05, 4.69) is 28.9 Å². The van der Waals surface area contributed by atoms with E-state index in [1.54, 1.807) is 60.7 Å². The van der Waals surface area contributed by atoms with Gasteiger partial charge in [0.15, 0.2) is 0 Å². The summed E-state index contributed by atoms with van der Waals surface area (Å²) in [6, 6.07) is 16.4. The van der Waals surface area contributed by atoms with E-state index in [1.165, 1.54) is 6.20 Å². The molecule has 0 saturated heterocycles. The second-order valence-electron chi connectivity index (χ2n) is 7.87. The topological polar surface area (TPSA) is 97.4 Å². The van der Waals surface area contributed by atoms with Gasteiger partial charge in [0.2, 0.25) is 5.88 Å². The first-order chi connectivity index (χ1) is 15.2. The quantitative estimate of drug-likeness (QED) is 0.487. The van der Waals surface area contributed by atoms with Crippen molar-refractivity contribution in [2.24, 2.45) is 5.92 Å². The molecular weight excluding hydrogens is 426 g/mol. The third-order valence-electron chi connectivity index (χ3n) is 4.67. The number of hydrogen-bond acceptors (Lipinski definition) is 5. The summed E-state index contributed by atoms with van der Waals surface area (Å²) >= 11 is 0. The molecule has 0 unspecified atom stereocenters. The molecule has 0 aliphatic heterocycles. The lowest BCUT2D eigenvalue weighted by Gasteiger charge is -2.10. The zero-order valence-corrected chi connectivity index (χ0v) is 19.1. The third-order valence-corrected chi connectivity index (χ3v) is 6.06. The minimum atomic E-state index is -3.67. The monoisotopic (exact) mass is 453 g/mol. The molecule has 1 amide bonds. The van der Waals surface area contributed by atoms with Gasteiger partial charge >= 0.3 is 0 Å². The highest BCUT2D eigenvalue weighted by Gasteiger charge is 2.14. The fraction of sp³-hybridized carbons (Fsp3) is 0.250. The number of nitrogens with one attached hydrogen (secondary N) is 2. The molecule has 0 bridgehead atoms. The molecule has 8 heteroatoms. The molecule has 7 nitrogen and oxygen atoms in total. The molecule has 32 heavy (non-hydrogen) atoms. The number of rotatable bonds is 9. The van der Waals surface area contributed by atoms with Gasteiger partial charge in [-0.25, -0.2) is 13.4 Å². The highest BCUT2D eigenvalue weighted by molar-refractivity contribution is 7.92. The maximum atomic E-state index is 12.5. The summed E-state index contributed by atoms with van der Waals surface area (Å²) in [6.45, 7) is 6.72. The number of carbonyl (C=O) groups excluding carboxylic acids is 1. The summed E-state index contributed by atoms with van der Waals surface area (Å²) in [6.07, 6.45) is 2.38. The van der Waals surface area contributed by atoms with Crippen molar-refractivity contribution >= 4 is 21.6 Å². The average Bonchev–Trinajstić information content (AvgIpc) is 2.75. The van der Waals surface area contributed by atoms with Gasteiger partial charge in [0, 0.05) is 24.5 Å². The van der Waals surface area contributed by atoms with Crippen LogP contribution in [0, 0.1) is 12.8 Å². The third kappa shape index (κ3) is 6.55. The predicted octanol–water partition coefficient (Wildman–Crippen LogP) is 4.76. The number of aryl methyl sites for hydroxylation is 1. The van der Waals surface area contributed by atoms with Crippen molar-refractivity contribution in [2.45, 2.75) is 32.1 Å². The number of nitrogens with zero attached hydrogens (tertiary/aromatic N) is 1. The van der Waals surface area contributed by atoms with Gasteiger partial charge in [0.25, 0.3) is 15.9 Å². The van der Waals surface area contributed by atoms with Crippen LogP contribution in [0.3, 0.4) is 0 Å². The highest BCUT2D eigenvalue weighted by atomic mass is 32.2. The van der Waals surface area contributed by atoms with Crippen LogP contribution < -0.4 is 14.8 Å². The second kappa shape index (κ2) is 10.3. The van der Waals surface area contributed by atoms with Crippen LogP contribution >= 0.6 is 0 Å². The van der Waals surface area contributed by atoms with E-state index in [-0.39, 0.29) is 10.8 Å². The second-order valence-corrected chi connectivity index (χ2v) is 9.55. The van der Waals surface area contributed by atoms with Crippen molar-refractivity contribution in [1.82, 2.24) is 10.3 Å². The first-order valence-electron chi connectivity index (χ1n) is 10.3. The molecule has 168 valence electrons. The molecule has 0 spiro atoms. The molecule has 3 rings (SSSR count). The Labute approximate surface area is 188 Å². The number of ether oxygens (including phenoxy) is 1. The Balaban J connectivity index is 1.58. The van der Waals surface area contributed by atoms with Gasteiger partial charge in [0.05, 0.1) is 10.5 Å². The Morgan fingerprint density at radius 1 is 1.00 bits per heavy atom. The smallest absolute Gasteiger partial charge is 0.261 e. The standard InChI is InChI=1S/C24H27N3O4S/c1-17(2)14-15-25-24(28)19-6-13-23(26-16-19)31-21-9-7-20(8-10-21)27-32(29,30)22-11-4-18(3)5-12-22/h4-13,16-17,27H,14-15H2,1-3H3,(H,25,28). The summed E-state index contributed by atoms with van der Waals surface area (Å²) in [4.78, 5) is 16.5. The lowest BCUT2D eigenvalue weighted by Crippen LogP contribution is -2.25. The van der Waals surface area contributed by atoms with Crippen molar-refractivity contribution in [1.29, 1.82) is 0 Å². The highest BCUT2D eigenvalue weighted by Crippen LogP contribution is 2.23. The van der Waals surface area contributed by atoms with Crippen LogP contribution in [0.2, 0.25) is 0 Å². The molecular formula is C24H27N3O4S. The first-order valence-corrected chi connectivity index (χ1v) is 11.8. The van der Waals surface area contributed by atoms with Crippen molar-refractivity contribution < 1.29 is 17.9 Å². The van der Waals surface area contributed by atoms with Gasteiger partial charge in [-0.2, -0.15) is 0 Å². The molecule has 1 heterocycles. The molecule has 0 aliphatic rings. The van der Waals surface area contributed by atoms with E-state index in [4.69, 9.17) is 4.74 Å². The molecule has 0 atom stereocenters. The molecule has 1 aromatic heterocycles. The van der Waals surface area contributed by atoms with Gasteiger partial charge in [-0.05, 0) is 61.7 Å². The lowest BCUT2D eigenvalue weighted by atomic mass is 10.1. The first kappa shape index (κ1) is 23.3. The normalized spacial score (nSPS) is 11.2. The molecule has 2 aromatic carbocycles. The SMILES string of the molecule is Cc1ccc(S(=O)(=O)Nc2ccc(Oc3ccc(C(=O)NCCC(C)C)cn3)cc2)cc1. The maximum Gasteiger partial charge on any atom is 0.261 e. The van der Waals surface area contributed by atoms with Crippen LogP contribution in [0.25, 0.3) is 0 Å².